The van der Waals surface area contributed by atoms with Crippen LogP contribution in [0.4, 0.5) is 9.93 Å². The maximum atomic E-state index is 12.8. The summed E-state index contributed by atoms with van der Waals surface area (Å²) in [6.07, 6.45) is 0.781. The topological polar surface area (TPSA) is 215 Å². The summed E-state index contributed by atoms with van der Waals surface area (Å²) in [6, 6.07) is 19.3. The van der Waals surface area contributed by atoms with Crippen molar-refractivity contribution in [2.45, 2.75) is 51.7 Å². The number of thiazole rings is 1. The largest absolute Gasteiger partial charge is 0.485 e. The summed E-state index contributed by atoms with van der Waals surface area (Å²) in [6.45, 7) is 5.35. The number of methoxy groups -OCH3 is 1. The number of aliphatic imine (C=N–C) groups is 1. The van der Waals surface area contributed by atoms with Gasteiger partial charge in [0, 0.05) is 18.0 Å². The third-order valence-electron chi connectivity index (χ3n) is 7.50. The van der Waals surface area contributed by atoms with Gasteiger partial charge in [-0.2, -0.15) is 0 Å². The molecular weight excluding hydrogens is 717 g/mol. The molecule has 4 aromatic rings. The molecule has 0 bridgehead atoms. The minimum absolute atomic E-state index is 0.00123. The van der Waals surface area contributed by atoms with Gasteiger partial charge in [0.2, 0.25) is 17.7 Å². The summed E-state index contributed by atoms with van der Waals surface area (Å²) in [4.78, 5) is 62.7. The van der Waals surface area contributed by atoms with E-state index in [-0.39, 0.29) is 36.4 Å². The van der Waals surface area contributed by atoms with E-state index in [1.807, 2.05) is 60.7 Å². The Morgan fingerprint density at radius 3 is 2.22 bits per heavy atom. The smallest absolute Gasteiger partial charge is 0.413 e. The number of carbonyl (C=O) groups is 4. The molecule has 0 radical (unpaired) electrons. The summed E-state index contributed by atoms with van der Waals surface area (Å²) in [5.41, 5.74) is 1.00. The van der Waals surface area contributed by atoms with Crippen molar-refractivity contribution in [1.29, 1.82) is 5.41 Å². The van der Waals surface area contributed by atoms with Crippen molar-refractivity contribution in [2.75, 3.05) is 25.5 Å². The zero-order valence-corrected chi connectivity index (χ0v) is 30.8. The monoisotopic (exact) mass is 756 g/mol. The number of aromatic nitrogens is 2. The molecule has 5 rings (SSSR count). The third-order valence-corrected chi connectivity index (χ3v) is 8.26. The summed E-state index contributed by atoms with van der Waals surface area (Å²) >= 11 is 1.00. The molecule has 2 unspecified atom stereocenters. The van der Waals surface area contributed by atoms with E-state index < -0.39 is 47.2 Å². The number of pyridine rings is 1. The fourth-order valence-electron chi connectivity index (χ4n) is 4.85. The van der Waals surface area contributed by atoms with Crippen molar-refractivity contribution in [3.63, 3.8) is 0 Å². The van der Waals surface area contributed by atoms with E-state index in [2.05, 4.69) is 36.2 Å². The molecule has 2 aromatic carbocycles. The van der Waals surface area contributed by atoms with Crippen LogP contribution < -0.4 is 30.7 Å². The first-order valence-electron chi connectivity index (χ1n) is 16.7. The minimum Gasteiger partial charge on any atom is -0.485 e. The van der Waals surface area contributed by atoms with Gasteiger partial charge in [-0.1, -0.05) is 60.7 Å². The summed E-state index contributed by atoms with van der Waals surface area (Å²) < 4.78 is 22.8. The number of nitrogens with zero attached hydrogens (tertiary/aromatic N) is 3. The molecule has 3 heterocycles. The van der Waals surface area contributed by atoms with Crippen LogP contribution in [0, 0.1) is 5.41 Å². The van der Waals surface area contributed by atoms with E-state index in [0.717, 1.165) is 22.5 Å². The van der Waals surface area contributed by atoms with Crippen LogP contribution in [0.3, 0.4) is 0 Å². The van der Waals surface area contributed by atoms with Crippen molar-refractivity contribution in [3.05, 3.63) is 101 Å². The van der Waals surface area contributed by atoms with Crippen molar-refractivity contribution < 1.29 is 38.1 Å². The van der Waals surface area contributed by atoms with E-state index in [4.69, 9.17) is 24.4 Å². The van der Waals surface area contributed by atoms with Crippen molar-refractivity contribution >= 4 is 51.9 Å². The maximum Gasteiger partial charge on any atom is 0.413 e. The van der Waals surface area contributed by atoms with Crippen LogP contribution >= 0.6 is 11.3 Å². The molecule has 54 heavy (non-hydrogen) atoms. The summed E-state index contributed by atoms with van der Waals surface area (Å²) in [5.74, 6) is -0.920. The second-order valence-corrected chi connectivity index (χ2v) is 13.7. The molecule has 16 nitrogen and oxygen atoms in total. The lowest BCUT2D eigenvalue weighted by Crippen LogP contribution is -2.72. The lowest BCUT2D eigenvalue weighted by molar-refractivity contribution is -0.135. The molecule has 0 spiro atoms. The highest BCUT2D eigenvalue weighted by atomic mass is 32.1. The molecule has 2 atom stereocenters. The number of hydrogen-bond donors (Lipinski definition) is 5. The predicted octanol–water partition coefficient (Wildman–Crippen LogP) is 3.60. The molecule has 1 aliphatic heterocycles. The highest BCUT2D eigenvalue weighted by molar-refractivity contribution is 7.14. The number of β-lactam (4-membered cyclic amide) rings is 1. The van der Waals surface area contributed by atoms with Gasteiger partial charge < -0.3 is 34.9 Å². The second kappa shape index (κ2) is 17.9. The molecule has 1 aliphatic rings. The lowest BCUT2D eigenvalue weighted by Gasteiger charge is -2.37. The van der Waals surface area contributed by atoms with E-state index in [1.54, 1.807) is 26.8 Å². The normalized spacial score (nSPS) is 15.2. The molecule has 1 fully saturated rings. The average molecular weight is 757 g/mol. The highest BCUT2D eigenvalue weighted by Gasteiger charge is 2.41. The third kappa shape index (κ3) is 11.1. The zero-order chi connectivity index (χ0) is 38.7. The van der Waals surface area contributed by atoms with Gasteiger partial charge in [-0.3, -0.25) is 25.1 Å². The second-order valence-electron chi connectivity index (χ2n) is 12.8. The van der Waals surface area contributed by atoms with E-state index >= 15 is 0 Å². The van der Waals surface area contributed by atoms with Gasteiger partial charge >= 0.3 is 6.09 Å². The van der Waals surface area contributed by atoms with E-state index in [1.165, 1.54) is 18.7 Å². The molecule has 4 amide bonds. The molecule has 0 aliphatic carbocycles. The summed E-state index contributed by atoms with van der Waals surface area (Å²) in [7, 11) is 1.40. The maximum absolute atomic E-state index is 12.8. The fraction of sp³-hybridized carbons (Fsp3) is 0.297. The van der Waals surface area contributed by atoms with Gasteiger partial charge in [0.25, 0.3) is 5.91 Å². The number of carbonyl (C=O) groups excluding carboxylic acids is 4. The first-order chi connectivity index (χ1) is 25.9. The van der Waals surface area contributed by atoms with Crippen molar-refractivity contribution in [3.8, 4) is 11.5 Å². The number of hydrogen-bond acceptors (Lipinski definition) is 13. The van der Waals surface area contributed by atoms with Crippen LogP contribution in [-0.4, -0.2) is 83.3 Å². The fourth-order valence-corrected chi connectivity index (χ4v) is 5.54. The number of nitrogens with one attached hydrogen (secondary N) is 5. The first-order valence-corrected chi connectivity index (χ1v) is 17.6. The SMILES string of the molecule is COC(=NCC(=O)NCC1NC(=O)C1NC(=O)C(=N)c1csc(NC(=O)OC(C)(C)C)n1)c1cc(OCc2ccccc2)c(OCc2ccccc2)cn1. The van der Waals surface area contributed by atoms with Crippen molar-refractivity contribution in [1.82, 2.24) is 25.9 Å². The molecule has 282 valence electrons. The molecule has 17 heteroatoms. The first kappa shape index (κ1) is 38.9. The Hall–Kier alpha value is -6.36. The van der Waals surface area contributed by atoms with Gasteiger partial charge in [-0.25, -0.2) is 19.8 Å². The Kier molecular flexibility index (Phi) is 12.9. The molecule has 5 N–H and O–H groups in total. The molecular formula is C37H40N8O8S. The predicted molar refractivity (Wildman–Crippen MR) is 200 cm³/mol. The van der Waals surface area contributed by atoms with Crippen molar-refractivity contribution in [2.24, 2.45) is 4.99 Å². The summed E-state index contributed by atoms with van der Waals surface area (Å²) in [5, 5.41) is 20.0. The lowest BCUT2D eigenvalue weighted by atomic mass is 9.98. The molecule has 1 saturated heterocycles. The van der Waals surface area contributed by atoms with Gasteiger partial charge in [-0.15, -0.1) is 11.3 Å². The van der Waals surface area contributed by atoms with Gasteiger partial charge in [0.1, 0.15) is 48.5 Å². The number of anilines is 1. The van der Waals surface area contributed by atoms with Gasteiger partial charge in [0.05, 0.1) is 19.3 Å². The van der Waals surface area contributed by atoms with Crippen LogP contribution in [0.15, 0.2) is 83.3 Å². The minimum atomic E-state index is -1.00. The van der Waals surface area contributed by atoms with Crippen LogP contribution in [0.5, 0.6) is 11.5 Å². The standard InChI is InChI=1S/C37H40N8O8S/c1-37(2,3)53-36(49)45-35-43-26(21-54-35)30(38)32(47)44-31-25(42-33(31)48)16-40-29(46)18-41-34(50-4)24-15-27(51-19-22-11-7-5-8-12-22)28(17-39-24)52-20-23-13-9-6-10-14-23/h5-15,17,21,25,31,38H,16,18-20H2,1-4H3,(H,40,46)(H,42,48)(H,44,47)(H,43,45,49). The average Bonchev–Trinajstić information content (AvgIpc) is 3.62. The van der Waals surface area contributed by atoms with Gasteiger partial charge in [-0.05, 0) is 31.9 Å². The van der Waals surface area contributed by atoms with Crippen LogP contribution in [0.1, 0.15) is 43.3 Å². The van der Waals surface area contributed by atoms with Crippen LogP contribution in [0.25, 0.3) is 0 Å². The molecule has 2 aromatic heterocycles. The number of benzene rings is 2. The highest BCUT2D eigenvalue weighted by Crippen LogP contribution is 2.29. The number of rotatable bonds is 15. The Labute approximate surface area is 315 Å². The van der Waals surface area contributed by atoms with Crippen LogP contribution in [-0.2, 0) is 37.1 Å². The Morgan fingerprint density at radius 2 is 1.61 bits per heavy atom. The quantitative estimate of drug-likeness (QED) is 0.0675. The Morgan fingerprint density at radius 1 is 0.963 bits per heavy atom. The number of ether oxygens (including phenoxy) is 4. The zero-order valence-electron chi connectivity index (χ0n) is 30.0. The Balaban J connectivity index is 1.15. The molecule has 0 saturated carbocycles. The van der Waals surface area contributed by atoms with Gasteiger partial charge in [0.15, 0.2) is 16.6 Å². The van der Waals surface area contributed by atoms with E-state index in [0.29, 0.717) is 23.8 Å². The Bertz CT molecular complexity index is 2000. The van der Waals surface area contributed by atoms with E-state index in [9.17, 15) is 19.2 Å². The van der Waals surface area contributed by atoms with Crippen LogP contribution in [0.2, 0.25) is 0 Å². The number of amides is 4.